The van der Waals surface area contributed by atoms with E-state index in [1.165, 1.54) is 5.56 Å². The Balaban J connectivity index is 0.000000461. The van der Waals surface area contributed by atoms with Crippen LogP contribution in [0.15, 0.2) is 12.4 Å². The number of ether oxygens (including phenoxy) is 1. The van der Waals surface area contributed by atoms with E-state index in [2.05, 4.69) is 25.1 Å². The predicted octanol–water partition coefficient (Wildman–Crippen LogP) is 2.60. The van der Waals surface area contributed by atoms with Crippen molar-refractivity contribution < 1.29 is 4.74 Å². The maximum absolute atomic E-state index is 5.10. The molecule has 0 radical (unpaired) electrons. The van der Waals surface area contributed by atoms with Gasteiger partial charge in [0.05, 0.1) is 25.5 Å². The SMILES string of the molecule is CC.CC(C)c1cnn(C2COC2)c1. The van der Waals surface area contributed by atoms with E-state index in [1.54, 1.807) is 0 Å². The van der Waals surface area contributed by atoms with Gasteiger partial charge in [0.15, 0.2) is 0 Å². The summed E-state index contributed by atoms with van der Waals surface area (Å²) >= 11 is 0. The lowest BCUT2D eigenvalue weighted by atomic mass is 10.1. The smallest absolute Gasteiger partial charge is 0.0985 e. The maximum atomic E-state index is 5.10. The zero-order valence-electron chi connectivity index (χ0n) is 9.53. The number of rotatable bonds is 2. The van der Waals surface area contributed by atoms with Gasteiger partial charge < -0.3 is 4.74 Å². The molecule has 14 heavy (non-hydrogen) atoms. The molecule has 0 aliphatic carbocycles. The molecule has 0 saturated carbocycles. The van der Waals surface area contributed by atoms with Crippen molar-refractivity contribution in [2.45, 2.75) is 39.7 Å². The summed E-state index contributed by atoms with van der Waals surface area (Å²) in [4.78, 5) is 0. The Morgan fingerprint density at radius 3 is 2.43 bits per heavy atom. The van der Waals surface area contributed by atoms with Crippen molar-refractivity contribution in [2.24, 2.45) is 0 Å². The van der Waals surface area contributed by atoms with Gasteiger partial charge in [0.2, 0.25) is 0 Å². The average molecular weight is 196 g/mol. The summed E-state index contributed by atoms with van der Waals surface area (Å²) in [6, 6.07) is 0.484. The highest BCUT2D eigenvalue weighted by atomic mass is 16.5. The largest absolute Gasteiger partial charge is 0.377 e. The molecule has 1 aromatic rings. The minimum absolute atomic E-state index is 0.484. The molecule has 0 unspecified atom stereocenters. The molecule has 0 bridgehead atoms. The standard InChI is InChI=1S/C9H14N2O.C2H6/c1-7(2)8-3-10-11(4-8)9-5-12-6-9;1-2/h3-4,7,9H,5-6H2,1-2H3;1-2H3. The van der Waals surface area contributed by atoms with Crippen LogP contribution >= 0.6 is 0 Å². The Labute approximate surface area is 86.1 Å². The fraction of sp³-hybridized carbons (Fsp3) is 0.727. The van der Waals surface area contributed by atoms with Crippen LogP contribution < -0.4 is 0 Å². The van der Waals surface area contributed by atoms with Crippen molar-refractivity contribution in [1.29, 1.82) is 0 Å². The Morgan fingerprint density at radius 1 is 1.43 bits per heavy atom. The summed E-state index contributed by atoms with van der Waals surface area (Å²) in [5.74, 6) is 0.569. The molecule has 0 atom stereocenters. The Morgan fingerprint density at radius 2 is 2.07 bits per heavy atom. The first-order valence-electron chi connectivity index (χ1n) is 5.39. The molecular formula is C11H20N2O. The van der Waals surface area contributed by atoms with E-state index >= 15 is 0 Å². The van der Waals surface area contributed by atoms with Crippen LogP contribution in [0.1, 0.15) is 45.2 Å². The second-order valence-corrected chi connectivity index (χ2v) is 3.60. The lowest BCUT2D eigenvalue weighted by molar-refractivity contribution is -0.0286. The van der Waals surface area contributed by atoms with Gasteiger partial charge in [-0.3, -0.25) is 4.68 Å². The van der Waals surface area contributed by atoms with Gasteiger partial charge in [-0.15, -0.1) is 0 Å². The molecule has 2 rings (SSSR count). The highest BCUT2D eigenvalue weighted by molar-refractivity contribution is 5.09. The molecule has 0 spiro atoms. The summed E-state index contributed by atoms with van der Waals surface area (Å²) in [5, 5.41) is 4.30. The quantitative estimate of drug-likeness (QED) is 0.727. The third-order valence-corrected chi connectivity index (χ3v) is 2.28. The second-order valence-electron chi connectivity index (χ2n) is 3.60. The van der Waals surface area contributed by atoms with E-state index in [9.17, 15) is 0 Å². The second kappa shape index (κ2) is 5.15. The predicted molar refractivity (Wildman–Crippen MR) is 57.5 cm³/mol. The number of hydrogen-bond acceptors (Lipinski definition) is 2. The minimum Gasteiger partial charge on any atom is -0.377 e. The molecule has 0 aromatic carbocycles. The van der Waals surface area contributed by atoms with E-state index in [0.717, 1.165) is 13.2 Å². The number of aromatic nitrogens is 2. The maximum Gasteiger partial charge on any atom is 0.0985 e. The summed E-state index contributed by atoms with van der Waals surface area (Å²) in [5.41, 5.74) is 1.31. The van der Waals surface area contributed by atoms with Crippen LogP contribution in [-0.4, -0.2) is 23.0 Å². The van der Waals surface area contributed by atoms with Crippen molar-refractivity contribution in [3.63, 3.8) is 0 Å². The van der Waals surface area contributed by atoms with Gasteiger partial charge in [0, 0.05) is 6.20 Å². The first-order chi connectivity index (χ1) is 6.77. The Hall–Kier alpha value is -0.830. The molecule has 0 amide bonds. The molecule has 2 heterocycles. The van der Waals surface area contributed by atoms with Crippen molar-refractivity contribution in [1.82, 2.24) is 9.78 Å². The van der Waals surface area contributed by atoms with Crippen LogP contribution in [0, 0.1) is 0 Å². The molecular weight excluding hydrogens is 176 g/mol. The van der Waals surface area contributed by atoms with Crippen LogP contribution in [0.25, 0.3) is 0 Å². The van der Waals surface area contributed by atoms with Gasteiger partial charge in [0.25, 0.3) is 0 Å². The van der Waals surface area contributed by atoms with Crippen LogP contribution in [0.5, 0.6) is 0 Å². The minimum atomic E-state index is 0.484. The lowest BCUT2D eigenvalue weighted by Crippen LogP contribution is -2.30. The van der Waals surface area contributed by atoms with E-state index in [-0.39, 0.29) is 0 Å². The molecule has 1 aliphatic heterocycles. The van der Waals surface area contributed by atoms with Crippen molar-refractivity contribution in [3.05, 3.63) is 18.0 Å². The third kappa shape index (κ3) is 2.35. The average Bonchev–Trinajstić information content (AvgIpc) is 2.54. The number of hydrogen-bond donors (Lipinski definition) is 0. The van der Waals surface area contributed by atoms with Crippen LogP contribution in [0.4, 0.5) is 0 Å². The van der Waals surface area contributed by atoms with Crippen molar-refractivity contribution in [3.8, 4) is 0 Å². The van der Waals surface area contributed by atoms with Gasteiger partial charge in [-0.2, -0.15) is 5.10 Å². The molecule has 3 heteroatoms. The normalized spacial score (nSPS) is 16.1. The first kappa shape index (κ1) is 11.2. The molecule has 1 fully saturated rings. The topological polar surface area (TPSA) is 27.1 Å². The lowest BCUT2D eigenvalue weighted by Gasteiger charge is -2.25. The highest BCUT2D eigenvalue weighted by Gasteiger charge is 2.21. The van der Waals surface area contributed by atoms with Gasteiger partial charge >= 0.3 is 0 Å². The van der Waals surface area contributed by atoms with E-state index in [1.807, 2.05) is 24.7 Å². The van der Waals surface area contributed by atoms with Crippen LogP contribution in [0.2, 0.25) is 0 Å². The highest BCUT2D eigenvalue weighted by Crippen LogP contribution is 2.19. The first-order valence-corrected chi connectivity index (χ1v) is 5.39. The summed E-state index contributed by atoms with van der Waals surface area (Å²) < 4.78 is 7.11. The van der Waals surface area contributed by atoms with Crippen LogP contribution in [0.3, 0.4) is 0 Å². The van der Waals surface area contributed by atoms with E-state index < -0.39 is 0 Å². The van der Waals surface area contributed by atoms with Gasteiger partial charge in [-0.25, -0.2) is 0 Å². The molecule has 1 saturated heterocycles. The molecule has 80 valence electrons. The van der Waals surface area contributed by atoms with E-state index in [4.69, 9.17) is 4.74 Å². The Kier molecular flexibility index (Phi) is 4.14. The monoisotopic (exact) mass is 196 g/mol. The molecule has 1 aromatic heterocycles. The molecule has 0 N–H and O–H groups in total. The fourth-order valence-corrected chi connectivity index (χ4v) is 1.23. The fourth-order valence-electron chi connectivity index (χ4n) is 1.23. The van der Waals surface area contributed by atoms with Crippen molar-refractivity contribution >= 4 is 0 Å². The van der Waals surface area contributed by atoms with Gasteiger partial charge in [-0.1, -0.05) is 27.7 Å². The van der Waals surface area contributed by atoms with E-state index in [0.29, 0.717) is 12.0 Å². The summed E-state index contributed by atoms with van der Waals surface area (Å²) in [6.07, 6.45) is 4.07. The van der Waals surface area contributed by atoms with Gasteiger partial charge in [0.1, 0.15) is 0 Å². The van der Waals surface area contributed by atoms with Gasteiger partial charge in [-0.05, 0) is 11.5 Å². The Bertz CT molecular complexity index is 264. The summed E-state index contributed by atoms with van der Waals surface area (Å²) in [6.45, 7) is 10.00. The van der Waals surface area contributed by atoms with Crippen LogP contribution in [-0.2, 0) is 4.74 Å². The third-order valence-electron chi connectivity index (χ3n) is 2.28. The zero-order valence-corrected chi connectivity index (χ0v) is 9.53. The van der Waals surface area contributed by atoms with Crippen molar-refractivity contribution in [2.75, 3.05) is 13.2 Å². The summed E-state index contributed by atoms with van der Waals surface area (Å²) in [7, 11) is 0. The molecule has 3 nitrogen and oxygen atoms in total. The zero-order chi connectivity index (χ0) is 10.6. The number of nitrogens with zero attached hydrogens (tertiary/aromatic N) is 2. The molecule has 1 aliphatic rings.